The van der Waals surface area contributed by atoms with E-state index in [1.807, 2.05) is 18.2 Å². The van der Waals surface area contributed by atoms with E-state index in [0.717, 1.165) is 30.1 Å². The summed E-state index contributed by atoms with van der Waals surface area (Å²) < 4.78 is 2.14. The smallest absolute Gasteiger partial charge is 0.138 e. The van der Waals surface area contributed by atoms with E-state index in [2.05, 4.69) is 70.6 Å². The van der Waals surface area contributed by atoms with E-state index in [1.54, 1.807) is 0 Å². The van der Waals surface area contributed by atoms with Gasteiger partial charge in [0, 0.05) is 18.7 Å². The van der Waals surface area contributed by atoms with E-state index in [4.69, 9.17) is 4.98 Å². The number of nitrogens with one attached hydrogen (secondary N) is 1. The largest absolute Gasteiger partial charge is 0.369 e. The summed E-state index contributed by atoms with van der Waals surface area (Å²) in [7, 11) is 0. The molecule has 0 aliphatic heterocycles. The third kappa shape index (κ3) is 2.78. The summed E-state index contributed by atoms with van der Waals surface area (Å²) in [4.78, 5) is 4.82. The highest BCUT2D eigenvalue weighted by Gasteiger charge is 2.18. The van der Waals surface area contributed by atoms with Crippen molar-refractivity contribution in [2.24, 2.45) is 0 Å². The van der Waals surface area contributed by atoms with E-state index in [-0.39, 0.29) is 5.92 Å². The van der Waals surface area contributed by atoms with Gasteiger partial charge in [0.15, 0.2) is 0 Å². The molecular formula is C20H19N3. The Balaban J connectivity index is 1.61. The Labute approximate surface area is 136 Å². The molecule has 0 unspecified atom stereocenters. The van der Waals surface area contributed by atoms with E-state index in [1.165, 1.54) is 5.56 Å². The molecule has 0 bridgehead atoms. The van der Waals surface area contributed by atoms with Gasteiger partial charge in [0.05, 0.1) is 5.69 Å². The quantitative estimate of drug-likeness (QED) is 0.765. The van der Waals surface area contributed by atoms with Gasteiger partial charge < -0.3 is 5.32 Å². The van der Waals surface area contributed by atoms with Crippen molar-refractivity contribution in [2.45, 2.75) is 12.3 Å². The Bertz CT molecular complexity index is 847. The van der Waals surface area contributed by atoms with E-state index in [0.29, 0.717) is 0 Å². The van der Waals surface area contributed by atoms with E-state index >= 15 is 0 Å². The van der Waals surface area contributed by atoms with E-state index < -0.39 is 0 Å². The maximum atomic E-state index is 4.82. The van der Waals surface area contributed by atoms with Gasteiger partial charge in [-0.1, -0.05) is 60.7 Å². The second-order valence-corrected chi connectivity index (χ2v) is 5.73. The van der Waals surface area contributed by atoms with Crippen LogP contribution in [0.3, 0.4) is 0 Å². The van der Waals surface area contributed by atoms with Gasteiger partial charge in [-0.25, -0.2) is 4.98 Å². The number of allylic oxidation sites excluding steroid dienone is 4. The normalized spacial score (nSPS) is 13.9. The van der Waals surface area contributed by atoms with Crippen LogP contribution in [0.4, 0.5) is 5.82 Å². The average molecular weight is 301 g/mol. The number of rotatable bonds is 5. The van der Waals surface area contributed by atoms with Gasteiger partial charge in [-0.2, -0.15) is 0 Å². The van der Waals surface area contributed by atoms with Crippen LogP contribution >= 0.6 is 0 Å². The molecule has 1 aliphatic carbocycles. The molecule has 2 aromatic heterocycles. The second-order valence-electron chi connectivity index (χ2n) is 5.73. The number of nitrogens with zero attached hydrogens (tertiary/aromatic N) is 2. The fourth-order valence-corrected chi connectivity index (χ4v) is 3.01. The number of hydrogen-bond acceptors (Lipinski definition) is 2. The second kappa shape index (κ2) is 6.13. The molecule has 0 fully saturated rings. The summed E-state index contributed by atoms with van der Waals surface area (Å²) in [5.74, 6) is 1.35. The first-order chi connectivity index (χ1) is 11.4. The molecule has 3 nitrogen and oxygen atoms in total. The van der Waals surface area contributed by atoms with Gasteiger partial charge >= 0.3 is 0 Å². The van der Waals surface area contributed by atoms with Crippen molar-refractivity contribution in [3.8, 4) is 0 Å². The Hall–Kier alpha value is -2.81. The minimum Gasteiger partial charge on any atom is -0.369 e. The fraction of sp³-hybridized carbons (Fsp3) is 0.150. The van der Waals surface area contributed by atoms with Gasteiger partial charge in [-0.15, -0.1) is 0 Å². The van der Waals surface area contributed by atoms with Crippen molar-refractivity contribution in [3.05, 3.63) is 90.3 Å². The van der Waals surface area contributed by atoms with Crippen molar-refractivity contribution in [1.82, 2.24) is 9.38 Å². The summed E-state index contributed by atoms with van der Waals surface area (Å²) in [6, 6.07) is 16.7. The first-order valence-corrected chi connectivity index (χ1v) is 8.01. The maximum absolute atomic E-state index is 4.82. The molecule has 2 heterocycles. The number of imidazole rings is 1. The van der Waals surface area contributed by atoms with Crippen molar-refractivity contribution >= 4 is 11.5 Å². The van der Waals surface area contributed by atoms with Crippen LogP contribution in [0.5, 0.6) is 0 Å². The fourth-order valence-electron chi connectivity index (χ4n) is 3.01. The Morgan fingerprint density at radius 3 is 2.57 bits per heavy atom. The highest BCUT2D eigenvalue weighted by molar-refractivity contribution is 5.58. The molecule has 0 amide bonds. The minimum atomic E-state index is 0.258. The van der Waals surface area contributed by atoms with Crippen LogP contribution in [0.2, 0.25) is 0 Å². The minimum absolute atomic E-state index is 0.258. The van der Waals surface area contributed by atoms with Gasteiger partial charge in [0.1, 0.15) is 11.5 Å². The topological polar surface area (TPSA) is 29.3 Å². The van der Waals surface area contributed by atoms with Gasteiger partial charge in [0.2, 0.25) is 0 Å². The lowest BCUT2D eigenvalue weighted by Crippen LogP contribution is -2.09. The molecule has 0 radical (unpaired) electrons. The standard InChI is InChI=1S/C20H19N3/c1-2-8-16(9-3-1)13-14-21-20-19(17-10-4-5-11-17)22-18-12-6-7-15-23(18)20/h1-12,15,17,21H,13-14H2. The molecule has 0 saturated carbocycles. The first-order valence-electron chi connectivity index (χ1n) is 8.01. The van der Waals surface area contributed by atoms with Gasteiger partial charge in [-0.05, 0) is 24.1 Å². The highest BCUT2D eigenvalue weighted by Crippen LogP contribution is 2.29. The zero-order chi connectivity index (χ0) is 15.5. The summed E-state index contributed by atoms with van der Waals surface area (Å²) in [6.45, 7) is 0.889. The lowest BCUT2D eigenvalue weighted by molar-refractivity contribution is 0.974. The Morgan fingerprint density at radius 2 is 1.74 bits per heavy atom. The zero-order valence-electron chi connectivity index (χ0n) is 12.9. The van der Waals surface area contributed by atoms with E-state index in [9.17, 15) is 0 Å². The zero-order valence-corrected chi connectivity index (χ0v) is 12.9. The van der Waals surface area contributed by atoms with Crippen LogP contribution in [-0.2, 0) is 6.42 Å². The third-order valence-electron chi connectivity index (χ3n) is 4.17. The molecule has 3 heteroatoms. The Kier molecular flexibility index (Phi) is 3.68. The van der Waals surface area contributed by atoms with Gasteiger partial charge in [-0.3, -0.25) is 4.40 Å². The number of aromatic nitrogens is 2. The monoisotopic (exact) mass is 301 g/mol. The molecule has 23 heavy (non-hydrogen) atoms. The SMILES string of the molecule is C1=CC(c2nc3ccccn3c2NCCc2ccccc2)C=C1. The molecule has 1 aliphatic rings. The molecule has 0 spiro atoms. The van der Waals surface area contributed by atoms with Crippen LogP contribution in [0.15, 0.2) is 79.0 Å². The van der Waals surface area contributed by atoms with Crippen molar-refractivity contribution < 1.29 is 0 Å². The van der Waals surface area contributed by atoms with Crippen molar-refractivity contribution in [1.29, 1.82) is 0 Å². The van der Waals surface area contributed by atoms with Crippen LogP contribution in [0, 0.1) is 0 Å². The molecule has 1 N–H and O–H groups in total. The third-order valence-corrected chi connectivity index (χ3v) is 4.17. The number of benzene rings is 1. The molecule has 114 valence electrons. The summed E-state index contributed by atoms with van der Waals surface area (Å²) >= 11 is 0. The lowest BCUT2D eigenvalue weighted by Gasteiger charge is -2.10. The number of anilines is 1. The molecule has 0 saturated heterocycles. The molecule has 0 atom stereocenters. The summed E-state index contributed by atoms with van der Waals surface area (Å²) in [6.07, 6.45) is 11.6. The number of fused-ring (bicyclic) bond motifs is 1. The van der Waals surface area contributed by atoms with Crippen LogP contribution in [0.25, 0.3) is 5.65 Å². The van der Waals surface area contributed by atoms with Crippen LogP contribution in [0.1, 0.15) is 17.2 Å². The average Bonchev–Trinajstić information content (AvgIpc) is 3.24. The van der Waals surface area contributed by atoms with Crippen molar-refractivity contribution in [2.75, 3.05) is 11.9 Å². The molecule has 3 aromatic rings. The molecule has 1 aromatic carbocycles. The molecule has 4 rings (SSSR count). The Morgan fingerprint density at radius 1 is 0.957 bits per heavy atom. The predicted octanol–water partition coefficient (Wildman–Crippen LogP) is 4.20. The van der Waals surface area contributed by atoms with Crippen LogP contribution < -0.4 is 5.32 Å². The number of pyridine rings is 1. The summed E-state index contributed by atoms with van der Waals surface area (Å²) in [5, 5.41) is 3.59. The number of hydrogen-bond donors (Lipinski definition) is 1. The summed E-state index contributed by atoms with van der Waals surface area (Å²) in [5.41, 5.74) is 3.42. The highest BCUT2D eigenvalue weighted by atomic mass is 15.1. The van der Waals surface area contributed by atoms with Crippen LogP contribution in [-0.4, -0.2) is 15.9 Å². The first kappa shape index (κ1) is 13.8. The van der Waals surface area contributed by atoms with Crippen molar-refractivity contribution in [3.63, 3.8) is 0 Å². The van der Waals surface area contributed by atoms with Gasteiger partial charge in [0.25, 0.3) is 0 Å². The molecular weight excluding hydrogens is 282 g/mol. The maximum Gasteiger partial charge on any atom is 0.138 e. The predicted molar refractivity (Wildman–Crippen MR) is 94.8 cm³/mol. The lowest BCUT2D eigenvalue weighted by atomic mass is 10.1.